The molecule has 2 heterocycles. The molecule has 5 nitrogen and oxygen atoms in total. The standard InChI is InChI=1S/C12H15N3O2S2/c1-13-9-11-12(4-7-18-11)19(16,17)15-8-10-2-5-14-6-3-10/h2-7,13,15H,8-9H2,1H3. The number of nitrogens with zero attached hydrogens (tertiary/aromatic N) is 1. The van der Waals surface area contributed by atoms with Crippen LogP contribution in [0.3, 0.4) is 0 Å². The second kappa shape index (κ2) is 6.25. The largest absolute Gasteiger partial charge is 0.315 e. The number of aromatic nitrogens is 1. The lowest BCUT2D eigenvalue weighted by molar-refractivity contribution is 0.580. The minimum Gasteiger partial charge on any atom is -0.315 e. The van der Waals surface area contributed by atoms with Crippen LogP contribution in [-0.4, -0.2) is 20.4 Å². The van der Waals surface area contributed by atoms with E-state index in [1.807, 2.05) is 0 Å². The molecule has 0 aromatic carbocycles. The molecule has 2 N–H and O–H groups in total. The summed E-state index contributed by atoms with van der Waals surface area (Å²) in [4.78, 5) is 5.05. The molecule has 0 unspecified atom stereocenters. The monoisotopic (exact) mass is 297 g/mol. The number of thiophene rings is 1. The van der Waals surface area contributed by atoms with Crippen molar-refractivity contribution in [2.45, 2.75) is 18.0 Å². The fourth-order valence-electron chi connectivity index (χ4n) is 1.61. The lowest BCUT2D eigenvalue weighted by atomic mass is 10.3. The third-order valence-electron chi connectivity index (χ3n) is 2.55. The third kappa shape index (κ3) is 3.60. The first-order valence-corrected chi connectivity index (χ1v) is 8.09. The zero-order valence-electron chi connectivity index (χ0n) is 10.5. The Bertz CT molecular complexity index is 623. The van der Waals surface area contributed by atoms with Crippen LogP contribution in [0.15, 0.2) is 40.9 Å². The van der Waals surface area contributed by atoms with Gasteiger partial charge in [0.25, 0.3) is 0 Å². The van der Waals surface area contributed by atoms with Crippen molar-refractivity contribution in [3.8, 4) is 0 Å². The van der Waals surface area contributed by atoms with Crippen LogP contribution in [0, 0.1) is 0 Å². The molecule has 0 saturated heterocycles. The summed E-state index contributed by atoms with van der Waals surface area (Å²) in [5.41, 5.74) is 0.879. The Hall–Kier alpha value is -1.28. The van der Waals surface area contributed by atoms with E-state index >= 15 is 0 Å². The normalized spacial score (nSPS) is 11.6. The molecule has 0 aliphatic heterocycles. The smallest absolute Gasteiger partial charge is 0.242 e. The highest BCUT2D eigenvalue weighted by Gasteiger charge is 2.18. The lowest BCUT2D eigenvalue weighted by Crippen LogP contribution is -2.24. The molecule has 102 valence electrons. The van der Waals surface area contributed by atoms with Crippen molar-refractivity contribution in [1.29, 1.82) is 0 Å². The first-order valence-electron chi connectivity index (χ1n) is 5.73. The van der Waals surface area contributed by atoms with Crippen LogP contribution in [0.1, 0.15) is 10.4 Å². The average Bonchev–Trinajstić information content (AvgIpc) is 2.87. The zero-order chi connectivity index (χ0) is 13.7. The summed E-state index contributed by atoms with van der Waals surface area (Å²) in [6.07, 6.45) is 3.28. The second-order valence-corrected chi connectivity index (χ2v) is 6.65. The van der Waals surface area contributed by atoms with Gasteiger partial charge in [0, 0.05) is 30.4 Å². The Morgan fingerprint density at radius 2 is 1.95 bits per heavy atom. The van der Waals surface area contributed by atoms with E-state index in [0.717, 1.165) is 10.4 Å². The van der Waals surface area contributed by atoms with E-state index in [2.05, 4.69) is 15.0 Å². The van der Waals surface area contributed by atoms with Gasteiger partial charge in [-0.15, -0.1) is 11.3 Å². The Morgan fingerprint density at radius 1 is 1.21 bits per heavy atom. The van der Waals surface area contributed by atoms with Crippen LogP contribution in [0.2, 0.25) is 0 Å². The maximum Gasteiger partial charge on any atom is 0.242 e. The molecular weight excluding hydrogens is 282 g/mol. The molecule has 0 saturated carbocycles. The highest BCUT2D eigenvalue weighted by atomic mass is 32.2. The van der Waals surface area contributed by atoms with Crippen LogP contribution in [0.5, 0.6) is 0 Å². The first kappa shape index (κ1) is 14.1. The van der Waals surface area contributed by atoms with Gasteiger partial charge in [0.2, 0.25) is 10.0 Å². The van der Waals surface area contributed by atoms with Gasteiger partial charge in [0.1, 0.15) is 0 Å². The van der Waals surface area contributed by atoms with E-state index < -0.39 is 10.0 Å². The quantitative estimate of drug-likeness (QED) is 0.844. The van der Waals surface area contributed by atoms with Gasteiger partial charge in [-0.3, -0.25) is 4.98 Å². The molecule has 2 aromatic heterocycles. The SMILES string of the molecule is CNCc1sccc1S(=O)(=O)NCc1ccncc1. The zero-order valence-corrected chi connectivity index (χ0v) is 12.1. The molecule has 2 rings (SSSR count). The van der Waals surface area contributed by atoms with Crippen molar-refractivity contribution in [3.05, 3.63) is 46.4 Å². The van der Waals surface area contributed by atoms with Crippen molar-refractivity contribution >= 4 is 21.4 Å². The number of hydrogen-bond donors (Lipinski definition) is 2. The van der Waals surface area contributed by atoms with Gasteiger partial charge in [0.05, 0.1) is 4.90 Å². The molecule has 0 aliphatic carbocycles. The highest BCUT2D eigenvalue weighted by molar-refractivity contribution is 7.89. The van der Waals surface area contributed by atoms with Gasteiger partial charge in [-0.05, 0) is 36.2 Å². The topological polar surface area (TPSA) is 71.1 Å². The first-order chi connectivity index (χ1) is 9.13. The molecule has 0 spiro atoms. The van der Waals surface area contributed by atoms with Crippen LogP contribution in [0.4, 0.5) is 0 Å². The average molecular weight is 297 g/mol. The van der Waals surface area contributed by atoms with E-state index in [1.165, 1.54) is 11.3 Å². The molecule has 7 heteroatoms. The van der Waals surface area contributed by atoms with E-state index in [0.29, 0.717) is 11.4 Å². The predicted octanol–water partition coefficient (Wildman–Crippen LogP) is 1.34. The van der Waals surface area contributed by atoms with Gasteiger partial charge in [-0.2, -0.15) is 0 Å². The molecule has 0 atom stereocenters. The fourth-order valence-corrected chi connectivity index (χ4v) is 4.09. The third-order valence-corrected chi connectivity index (χ3v) is 5.08. The van der Waals surface area contributed by atoms with Crippen LogP contribution >= 0.6 is 11.3 Å². The maximum atomic E-state index is 12.2. The minimum atomic E-state index is -3.47. The minimum absolute atomic E-state index is 0.264. The van der Waals surface area contributed by atoms with E-state index in [4.69, 9.17) is 0 Å². The van der Waals surface area contributed by atoms with Gasteiger partial charge in [-0.1, -0.05) is 0 Å². The summed E-state index contributed by atoms with van der Waals surface area (Å²) < 4.78 is 27.0. The van der Waals surface area contributed by atoms with Crippen LogP contribution < -0.4 is 10.0 Å². The molecule has 19 heavy (non-hydrogen) atoms. The molecule has 0 fully saturated rings. The molecular formula is C12H15N3O2S2. The Morgan fingerprint density at radius 3 is 2.63 bits per heavy atom. The van der Waals surface area contributed by atoms with E-state index in [9.17, 15) is 8.42 Å². The molecule has 2 aromatic rings. The van der Waals surface area contributed by atoms with Crippen molar-refractivity contribution in [3.63, 3.8) is 0 Å². The summed E-state index contributed by atoms with van der Waals surface area (Å²) in [6.45, 7) is 0.808. The highest BCUT2D eigenvalue weighted by Crippen LogP contribution is 2.21. The van der Waals surface area contributed by atoms with Gasteiger partial charge in [-0.25, -0.2) is 13.1 Å². The molecule has 0 aliphatic rings. The van der Waals surface area contributed by atoms with Crippen LogP contribution in [-0.2, 0) is 23.1 Å². The lowest BCUT2D eigenvalue weighted by Gasteiger charge is -2.07. The van der Waals surface area contributed by atoms with Gasteiger partial charge in [0.15, 0.2) is 0 Å². The Labute approximate surface area is 116 Å². The van der Waals surface area contributed by atoms with Gasteiger partial charge < -0.3 is 5.32 Å². The summed E-state index contributed by atoms with van der Waals surface area (Å²) in [7, 11) is -1.68. The second-order valence-electron chi connectivity index (χ2n) is 3.92. The Balaban J connectivity index is 2.12. The summed E-state index contributed by atoms with van der Waals surface area (Å²) in [5, 5.41) is 4.75. The van der Waals surface area contributed by atoms with Crippen LogP contribution in [0.25, 0.3) is 0 Å². The number of rotatable bonds is 6. The van der Waals surface area contributed by atoms with Crippen molar-refractivity contribution in [2.24, 2.45) is 0 Å². The van der Waals surface area contributed by atoms with Crippen molar-refractivity contribution in [1.82, 2.24) is 15.0 Å². The number of pyridine rings is 1. The predicted molar refractivity (Wildman–Crippen MR) is 75.3 cm³/mol. The molecule has 0 amide bonds. The van der Waals surface area contributed by atoms with Gasteiger partial charge >= 0.3 is 0 Å². The van der Waals surface area contributed by atoms with Crippen molar-refractivity contribution < 1.29 is 8.42 Å². The number of sulfonamides is 1. The summed E-state index contributed by atoms with van der Waals surface area (Å²) >= 11 is 1.43. The summed E-state index contributed by atoms with van der Waals surface area (Å²) in [6, 6.07) is 5.20. The Kier molecular flexibility index (Phi) is 4.65. The molecule has 0 bridgehead atoms. The number of hydrogen-bond acceptors (Lipinski definition) is 5. The van der Waals surface area contributed by atoms with E-state index in [-0.39, 0.29) is 6.54 Å². The maximum absolute atomic E-state index is 12.2. The number of nitrogens with one attached hydrogen (secondary N) is 2. The summed E-state index contributed by atoms with van der Waals surface area (Å²) in [5.74, 6) is 0. The fraction of sp³-hybridized carbons (Fsp3) is 0.250. The van der Waals surface area contributed by atoms with Crippen molar-refractivity contribution in [2.75, 3.05) is 7.05 Å². The molecule has 0 radical (unpaired) electrons. The van der Waals surface area contributed by atoms with E-state index in [1.54, 1.807) is 43.0 Å².